The Hall–Kier alpha value is -3.82. The number of nitrogens with zero attached hydrogens (tertiary/aromatic N) is 1. The number of rotatable bonds is 5. The van der Waals surface area contributed by atoms with Crippen LogP contribution in [0.25, 0.3) is 0 Å². The molecule has 0 radical (unpaired) electrons. The molecule has 37 heavy (non-hydrogen) atoms. The molecule has 0 spiro atoms. The second kappa shape index (κ2) is 9.91. The third kappa shape index (κ3) is 5.33. The minimum absolute atomic E-state index is 0.219. The number of ether oxygens (including phenoxy) is 1. The van der Waals surface area contributed by atoms with Crippen LogP contribution in [0, 0.1) is 13.8 Å². The molecule has 0 atom stereocenters. The van der Waals surface area contributed by atoms with Gasteiger partial charge in [0.05, 0.1) is 21.8 Å². The second-order valence-corrected chi connectivity index (χ2v) is 8.94. The van der Waals surface area contributed by atoms with Gasteiger partial charge in [-0.15, -0.1) is 0 Å². The highest BCUT2D eigenvalue weighted by Crippen LogP contribution is 2.38. The SMILES string of the molecule is Cc1ccc(OC(=O)c2ccc(NC3=C(Cl)C(=O)N(c4cc(C(F)(F)F)ccc4Cl)C3=O)cc2)c(C)c1. The fourth-order valence-corrected chi connectivity index (χ4v) is 4.01. The molecule has 0 aliphatic carbocycles. The summed E-state index contributed by atoms with van der Waals surface area (Å²) in [6, 6.07) is 13.4. The van der Waals surface area contributed by atoms with Crippen molar-refractivity contribution >= 4 is 52.4 Å². The third-order valence-electron chi connectivity index (χ3n) is 5.46. The van der Waals surface area contributed by atoms with Gasteiger partial charge in [-0.1, -0.05) is 40.9 Å². The Morgan fingerprint density at radius 2 is 1.59 bits per heavy atom. The molecule has 1 aliphatic heterocycles. The summed E-state index contributed by atoms with van der Waals surface area (Å²) in [4.78, 5) is 38.6. The number of carbonyl (C=O) groups excluding carboxylic acids is 3. The fourth-order valence-electron chi connectivity index (χ4n) is 3.60. The van der Waals surface area contributed by atoms with Crippen molar-refractivity contribution in [2.75, 3.05) is 10.2 Å². The molecule has 3 aromatic carbocycles. The van der Waals surface area contributed by atoms with Crippen molar-refractivity contribution in [2.45, 2.75) is 20.0 Å². The Kier molecular flexibility index (Phi) is 7.03. The average molecular weight is 549 g/mol. The Bertz CT molecular complexity index is 1470. The number of nitrogens with one attached hydrogen (secondary N) is 1. The van der Waals surface area contributed by atoms with Crippen LogP contribution in [-0.2, 0) is 15.8 Å². The summed E-state index contributed by atoms with van der Waals surface area (Å²) in [6.07, 6.45) is -4.72. The maximum atomic E-state index is 13.2. The van der Waals surface area contributed by atoms with Crippen molar-refractivity contribution in [3.63, 3.8) is 0 Å². The lowest BCUT2D eigenvalue weighted by atomic mass is 10.1. The highest BCUT2D eigenvalue weighted by atomic mass is 35.5. The second-order valence-electron chi connectivity index (χ2n) is 8.16. The number of halogens is 5. The molecule has 0 unspecified atom stereocenters. The standard InChI is InChI=1S/C26H17Cl2F3N2O4/c1-13-3-10-20(14(2)11-13)37-25(36)15-4-7-17(8-5-15)32-22-21(28)23(34)33(24(22)35)19-12-16(26(29,30)31)6-9-18(19)27/h3-12,32H,1-2H3. The molecule has 1 aliphatic rings. The summed E-state index contributed by atoms with van der Waals surface area (Å²) < 4.78 is 44.9. The van der Waals surface area contributed by atoms with Crippen molar-refractivity contribution in [1.29, 1.82) is 0 Å². The average Bonchev–Trinajstić information content (AvgIpc) is 3.04. The number of aryl methyl sites for hydroxylation is 2. The van der Waals surface area contributed by atoms with Gasteiger partial charge in [-0.25, -0.2) is 9.69 Å². The van der Waals surface area contributed by atoms with Crippen molar-refractivity contribution in [3.8, 4) is 5.75 Å². The van der Waals surface area contributed by atoms with E-state index in [4.69, 9.17) is 27.9 Å². The molecule has 3 aromatic rings. The van der Waals surface area contributed by atoms with Gasteiger partial charge in [-0.3, -0.25) is 9.59 Å². The van der Waals surface area contributed by atoms with E-state index in [9.17, 15) is 27.6 Å². The van der Waals surface area contributed by atoms with Gasteiger partial charge in [-0.2, -0.15) is 13.2 Å². The number of hydrogen-bond acceptors (Lipinski definition) is 5. The van der Waals surface area contributed by atoms with Crippen LogP contribution in [0.4, 0.5) is 24.5 Å². The van der Waals surface area contributed by atoms with Crippen molar-refractivity contribution in [2.24, 2.45) is 0 Å². The van der Waals surface area contributed by atoms with E-state index in [2.05, 4.69) is 5.32 Å². The molecule has 11 heteroatoms. The van der Waals surface area contributed by atoms with Gasteiger partial charge in [-0.05, 0) is 67.9 Å². The molecule has 0 saturated carbocycles. The van der Waals surface area contributed by atoms with E-state index in [1.165, 1.54) is 24.3 Å². The molecular weight excluding hydrogens is 532 g/mol. The Morgan fingerprint density at radius 1 is 0.919 bits per heavy atom. The summed E-state index contributed by atoms with van der Waals surface area (Å²) in [6.45, 7) is 3.73. The zero-order valence-corrected chi connectivity index (χ0v) is 20.8. The van der Waals surface area contributed by atoms with Gasteiger partial charge in [0.2, 0.25) is 0 Å². The minimum Gasteiger partial charge on any atom is -0.423 e. The van der Waals surface area contributed by atoms with Crippen LogP contribution < -0.4 is 15.0 Å². The number of benzene rings is 3. The van der Waals surface area contributed by atoms with E-state index in [1.807, 2.05) is 26.0 Å². The maximum absolute atomic E-state index is 13.2. The van der Waals surface area contributed by atoms with Gasteiger partial charge in [0.15, 0.2) is 0 Å². The topological polar surface area (TPSA) is 75.7 Å². The van der Waals surface area contributed by atoms with Crippen LogP contribution >= 0.6 is 23.2 Å². The summed E-state index contributed by atoms with van der Waals surface area (Å²) in [7, 11) is 0. The molecule has 190 valence electrons. The fraction of sp³-hybridized carbons (Fsp3) is 0.115. The van der Waals surface area contributed by atoms with E-state index >= 15 is 0 Å². The normalized spacial score (nSPS) is 13.9. The third-order valence-corrected chi connectivity index (χ3v) is 6.13. The molecule has 0 fully saturated rings. The van der Waals surface area contributed by atoms with Gasteiger partial charge < -0.3 is 10.1 Å². The number of hydrogen-bond donors (Lipinski definition) is 1. The monoisotopic (exact) mass is 548 g/mol. The first kappa shape index (κ1) is 26.2. The first-order valence-electron chi connectivity index (χ1n) is 10.7. The van der Waals surface area contributed by atoms with Crippen molar-refractivity contribution in [3.05, 3.63) is 98.7 Å². The number of anilines is 2. The van der Waals surface area contributed by atoms with E-state index in [1.54, 1.807) is 6.07 Å². The molecular formula is C26H17Cl2F3N2O4. The van der Waals surface area contributed by atoms with Crippen molar-refractivity contribution in [1.82, 2.24) is 0 Å². The summed E-state index contributed by atoms with van der Waals surface area (Å²) in [5.41, 5.74) is 0.425. The lowest BCUT2D eigenvalue weighted by molar-refractivity contribution is -0.137. The van der Waals surface area contributed by atoms with Crippen LogP contribution in [0.1, 0.15) is 27.0 Å². The largest absolute Gasteiger partial charge is 0.423 e. The first-order valence-corrected chi connectivity index (χ1v) is 11.4. The molecule has 0 bridgehead atoms. The number of carbonyl (C=O) groups is 3. The Balaban J connectivity index is 1.52. The molecule has 1 N–H and O–H groups in total. The first-order chi connectivity index (χ1) is 17.4. The predicted molar refractivity (Wildman–Crippen MR) is 133 cm³/mol. The molecule has 1 heterocycles. The minimum atomic E-state index is -4.72. The predicted octanol–water partition coefficient (Wildman–Crippen LogP) is 6.63. The zero-order valence-electron chi connectivity index (χ0n) is 19.2. The highest BCUT2D eigenvalue weighted by Gasteiger charge is 2.41. The van der Waals surface area contributed by atoms with Crippen LogP contribution in [0.2, 0.25) is 5.02 Å². The van der Waals surface area contributed by atoms with Crippen LogP contribution in [-0.4, -0.2) is 17.8 Å². The summed E-state index contributed by atoms with van der Waals surface area (Å²) in [5.74, 6) is -2.22. The summed E-state index contributed by atoms with van der Waals surface area (Å²) in [5, 5.41) is 1.91. The lowest BCUT2D eigenvalue weighted by Crippen LogP contribution is -2.32. The molecule has 0 saturated heterocycles. The molecule has 0 aromatic heterocycles. The zero-order chi connectivity index (χ0) is 27.1. The van der Waals surface area contributed by atoms with Gasteiger partial charge in [0, 0.05) is 5.69 Å². The van der Waals surface area contributed by atoms with Crippen LogP contribution in [0.3, 0.4) is 0 Å². The number of alkyl halides is 3. The maximum Gasteiger partial charge on any atom is 0.416 e. The highest BCUT2D eigenvalue weighted by molar-refractivity contribution is 6.53. The van der Waals surface area contributed by atoms with Crippen LogP contribution in [0.5, 0.6) is 5.75 Å². The Labute approximate surface area is 219 Å². The van der Waals surface area contributed by atoms with E-state index < -0.39 is 40.2 Å². The lowest BCUT2D eigenvalue weighted by Gasteiger charge is -2.18. The molecule has 4 rings (SSSR count). The van der Waals surface area contributed by atoms with Gasteiger partial charge in [0.25, 0.3) is 11.8 Å². The smallest absolute Gasteiger partial charge is 0.416 e. The van der Waals surface area contributed by atoms with E-state index in [-0.39, 0.29) is 22.0 Å². The quantitative estimate of drug-likeness (QED) is 0.220. The van der Waals surface area contributed by atoms with Crippen molar-refractivity contribution < 1.29 is 32.3 Å². The van der Waals surface area contributed by atoms with Crippen LogP contribution in [0.15, 0.2) is 71.4 Å². The summed E-state index contributed by atoms with van der Waals surface area (Å²) >= 11 is 12.1. The van der Waals surface area contributed by atoms with E-state index in [0.29, 0.717) is 16.7 Å². The number of imide groups is 1. The Morgan fingerprint density at radius 3 is 2.22 bits per heavy atom. The van der Waals surface area contributed by atoms with E-state index in [0.717, 1.165) is 23.3 Å². The van der Waals surface area contributed by atoms with Gasteiger partial charge in [0.1, 0.15) is 16.5 Å². The molecule has 6 nitrogen and oxygen atoms in total. The molecule has 2 amide bonds. The number of esters is 1. The number of amides is 2. The van der Waals surface area contributed by atoms with Gasteiger partial charge >= 0.3 is 12.1 Å².